The summed E-state index contributed by atoms with van der Waals surface area (Å²) in [5.74, 6) is -0.866. The zero-order valence-corrected chi connectivity index (χ0v) is 17.8. The second kappa shape index (κ2) is 9.41. The molecular weight excluding hydrogens is 440 g/mol. The summed E-state index contributed by atoms with van der Waals surface area (Å²) in [5.41, 5.74) is 7.10. The zero-order valence-electron chi connectivity index (χ0n) is 16.2. The molecule has 0 unspecified atom stereocenters. The van der Waals surface area contributed by atoms with Crippen LogP contribution >= 0.6 is 15.9 Å². The number of benzene rings is 1. The van der Waals surface area contributed by atoms with Crippen LogP contribution in [0.25, 0.3) is 0 Å². The number of amides is 3. The van der Waals surface area contributed by atoms with Crippen molar-refractivity contribution in [3.05, 3.63) is 45.6 Å². The quantitative estimate of drug-likeness (QED) is 0.555. The maximum Gasteiger partial charge on any atom is 0.338 e. The topological polar surface area (TPSA) is 114 Å². The molecule has 29 heavy (non-hydrogen) atoms. The van der Waals surface area contributed by atoms with E-state index in [1.54, 1.807) is 6.92 Å². The third kappa shape index (κ3) is 5.16. The smallest absolute Gasteiger partial charge is 0.338 e. The molecule has 1 aromatic rings. The molecule has 3 rings (SSSR count). The summed E-state index contributed by atoms with van der Waals surface area (Å²) in [6.07, 6.45) is 1.33. The number of piperidine rings is 1. The molecule has 1 aromatic carbocycles. The van der Waals surface area contributed by atoms with Crippen LogP contribution in [0.4, 0.5) is 4.79 Å². The number of carbonyl (C=O) groups excluding carboxylic acids is 3. The largest absolute Gasteiger partial charge is 0.463 e. The van der Waals surface area contributed by atoms with Crippen LogP contribution in [-0.4, -0.2) is 49.0 Å². The van der Waals surface area contributed by atoms with Crippen molar-refractivity contribution in [2.24, 2.45) is 11.7 Å². The summed E-state index contributed by atoms with van der Waals surface area (Å²) >= 11 is 3.44. The monoisotopic (exact) mass is 464 g/mol. The first-order valence-corrected chi connectivity index (χ1v) is 10.4. The fourth-order valence-corrected chi connectivity index (χ4v) is 4.14. The van der Waals surface area contributed by atoms with Gasteiger partial charge in [-0.2, -0.15) is 0 Å². The Morgan fingerprint density at radius 3 is 2.66 bits per heavy atom. The minimum Gasteiger partial charge on any atom is -0.463 e. The third-order valence-corrected chi connectivity index (χ3v) is 5.70. The van der Waals surface area contributed by atoms with E-state index in [9.17, 15) is 14.4 Å². The first-order valence-electron chi connectivity index (χ1n) is 9.63. The van der Waals surface area contributed by atoms with Gasteiger partial charge < -0.3 is 21.1 Å². The predicted molar refractivity (Wildman–Crippen MR) is 111 cm³/mol. The first-order chi connectivity index (χ1) is 13.9. The van der Waals surface area contributed by atoms with Crippen LogP contribution in [0.3, 0.4) is 0 Å². The maximum absolute atomic E-state index is 12.8. The number of hydrogen-bond acceptors (Lipinski definition) is 5. The molecular formula is C20H25BrN4O4. The molecule has 0 radical (unpaired) electrons. The number of nitrogens with one attached hydrogen (secondary N) is 2. The third-order valence-electron chi connectivity index (χ3n) is 5.20. The molecule has 2 aliphatic heterocycles. The SMILES string of the molecule is CCOC(=O)C1=C(CN2CCC(C(N)=O)CC2)NC(=O)N[C@@H]1c1cccc(Br)c1. The van der Waals surface area contributed by atoms with E-state index in [4.69, 9.17) is 10.5 Å². The van der Waals surface area contributed by atoms with Crippen molar-refractivity contribution in [2.75, 3.05) is 26.2 Å². The highest BCUT2D eigenvalue weighted by atomic mass is 79.9. The number of carbonyl (C=O) groups is 3. The van der Waals surface area contributed by atoms with Crippen molar-refractivity contribution < 1.29 is 19.1 Å². The molecule has 0 saturated carbocycles. The highest BCUT2D eigenvalue weighted by molar-refractivity contribution is 9.10. The van der Waals surface area contributed by atoms with E-state index in [1.165, 1.54) is 0 Å². The highest BCUT2D eigenvalue weighted by Gasteiger charge is 2.35. The van der Waals surface area contributed by atoms with Gasteiger partial charge in [0.05, 0.1) is 18.2 Å². The van der Waals surface area contributed by atoms with E-state index in [1.807, 2.05) is 24.3 Å². The number of urea groups is 1. The normalized spacial score (nSPS) is 20.8. The van der Waals surface area contributed by atoms with Gasteiger partial charge in [0, 0.05) is 22.6 Å². The number of ether oxygens (including phenoxy) is 1. The van der Waals surface area contributed by atoms with Crippen LogP contribution in [0.2, 0.25) is 0 Å². The minimum atomic E-state index is -0.613. The molecule has 4 N–H and O–H groups in total. The molecule has 9 heteroatoms. The Balaban J connectivity index is 1.90. The lowest BCUT2D eigenvalue weighted by molar-refractivity contribution is -0.139. The average molecular weight is 465 g/mol. The van der Waals surface area contributed by atoms with Gasteiger partial charge in [0.25, 0.3) is 0 Å². The Kier molecular flexibility index (Phi) is 6.92. The summed E-state index contributed by atoms with van der Waals surface area (Å²) in [7, 11) is 0. The van der Waals surface area contributed by atoms with Crippen LogP contribution in [0.15, 0.2) is 40.0 Å². The van der Waals surface area contributed by atoms with Crippen LogP contribution in [-0.2, 0) is 14.3 Å². The number of hydrogen-bond donors (Lipinski definition) is 3. The molecule has 1 saturated heterocycles. The predicted octanol–water partition coefficient (Wildman–Crippen LogP) is 1.82. The molecule has 0 aliphatic carbocycles. The second-order valence-corrected chi connectivity index (χ2v) is 8.07. The molecule has 1 atom stereocenters. The van der Waals surface area contributed by atoms with Gasteiger partial charge in [0.15, 0.2) is 0 Å². The fourth-order valence-electron chi connectivity index (χ4n) is 3.73. The molecule has 156 valence electrons. The van der Waals surface area contributed by atoms with Crippen molar-refractivity contribution >= 4 is 33.8 Å². The van der Waals surface area contributed by atoms with Crippen molar-refractivity contribution in [3.63, 3.8) is 0 Å². The molecule has 0 bridgehead atoms. The fraction of sp³-hybridized carbons (Fsp3) is 0.450. The number of nitrogens with zero attached hydrogens (tertiary/aromatic N) is 1. The van der Waals surface area contributed by atoms with Gasteiger partial charge in [-0.05, 0) is 50.6 Å². The summed E-state index contributed by atoms with van der Waals surface area (Å²) < 4.78 is 6.14. The zero-order chi connectivity index (χ0) is 21.0. The number of likely N-dealkylation sites (tertiary alicyclic amines) is 1. The van der Waals surface area contributed by atoms with E-state index in [-0.39, 0.29) is 24.5 Å². The number of halogens is 1. The van der Waals surface area contributed by atoms with Crippen LogP contribution in [0.5, 0.6) is 0 Å². The van der Waals surface area contributed by atoms with Gasteiger partial charge in [-0.15, -0.1) is 0 Å². The molecule has 0 aromatic heterocycles. The Bertz CT molecular complexity index is 834. The van der Waals surface area contributed by atoms with E-state index in [2.05, 4.69) is 31.5 Å². The van der Waals surface area contributed by atoms with Crippen molar-refractivity contribution in [1.82, 2.24) is 15.5 Å². The first kappa shape index (κ1) is 21.3. The Hall–Kier alpha value is -2.39. The highest BCUT2D eigenvalue weighted by Crippen LogP contribution is 2.30. The molecule has 0 spiro atoms. The lowest BCUT2D eigenvalue weighted by Crippen LogP contribution is -2.49. The molecule has 3 amide bonds. The van der Waals surface area contributed by atoms with Crippen LogP contribution < -0.4 is 16.4 Å². The van der Waals surface area contributed by atoms with Gasteiger partial charge in [-0.25, -0.2) is 9.59 Å². The van der Waals surface area contributed by atoms with Crippen molar-refractivity contribution in [1.29, 1.82) is 0 Å². The Morgan fingerprint density at radius 2 is 2.03 bits per heavy atom. The number of esters is 1. The van der Waals surface area contributed by atoms with E-state index < -0.39 is 12.0 Å². The van der Waals surface area contributed by atoms with E-state index in [0.29, 0.717) is 43.7 Å². The standard InChI is InChI=1S/C20H25BrN4O4/c1-2-29-19(27)16-15(11-25-8-6-12(7-9-25)18(22)26)23-20(28)24-17(16)13-4-3-5-14(21)10-13/h3-5,10,12,17H,2,6-9,11H2,1H3,(H2,22,26)(H2,23,24,28)/t17-/m1/s1. The van der Waals surface area contributed by atoms with Crippen molar-refractivity contribution in [3.8, 4) is 0 Å². The van der Waals surface area contributed by atoms with Gasteiger partial charge >= 0.3 is 12.0 Å². The number of rotatable bonds is 6. The summed E-state index contributed by atoms with van der Waals surface area (Å²) in [6.45, 7) is 3.70. The molecule has 1 fully saturated rings. The minimum absolute atomic E-state index is 0.123. The molecule has 8 nitrogen and oxygen atoms in total. The Labute approximate surface area is 178 Å². The summed E-state index contributed by atoms with van der Waals surface area (Å²) in [6, 6.07) is 6.47. The number of primary amides is 1. The van der Waals surface area contributed by atoms with Crippen LogP contribution in [0, 0.1) is 5.92 Å². The van der Waals surface area contributed by atoms with Crippen molar-refractivity contribution in [2.45, 2.75) is 25.8 Å². The average Bonchev–Trinajstić information content (AvgIpc) is 2.68. The van der Waals surface area contributed by atoms with Gasteiger partial charge in [-0.3, -0.25) is 9.69 Å². The maximum atomic E-state index is 12.8. The lowest BCUT2D eigenvalue weighted by Gasteiger charge is -2.34. The summed E-state index contributed by atoms with van der Waals surface area (Å²) in [4.78, 5) is 38.7. The molecule has 2 aliphatic rings. The second-order valence-electron chi connectivity index (χ2n) is 7.15. The number of nitrogens with two attached hydrogens (primary N) is 1. The van der Waals surface area contributed by atoms with Gasteiger partial charge in [0.1, 0.15) is 0 Å². The van der Waals surface area contributed by atoms with E-state index in [0.717, 1.165) is 10.0 Å². The van der Waals surface area contributed by atoms with Gasteiger partial charge in [0.2, 0.25) is 5.91 Å². The summed E-state index contributed by atoms with van der Waals surface area (Å²) in [5, 5.41) is 5.61. The van der Waals surface area contributed by atoms with E-state index >= 15 is 0 Å². The molecule has 2 heterocycles. The lowest BCUT2D eigenvalue weighted by atomic mass is 9.93. The van der Waals surface area contributed by atoms with Crippen LogP contribution in [0.1, 0.15) is 31.4 Å². The Morgan fingerprint density at radius 1 is 1.31 bits per heavy atom. The van der Waals surface area contributed by atoms with Gasteiger partial charge in [-0.1, -0.05) is 28.1 Å².